The summed E-state index contributed by atoms with van der Waals surface area (Å²) in [4.78, 5) is 12.3. The SMILES string of the molecule is Cc1cnc2c(Cl)nccc2n1. The molecule has 2 aromatic heterocycles. The maximum absolute atomic E-state index is 5.80. The average Bonchev–Trinajstić information content (AvgIpc) is 2.04. The lowest BCUT2D eigenvalue weighted by molar-refractivity contribution is 1.17. The van der Waals surface area contributed by atoms with Crippen LogP contribution in [0, 0.1) is 6.92 Å². The van der Waals surface area contributed by atoms with E-state index in [9.17, 15) is 0 Å². The smallest absolute Gasteiger partial charge is 0.156 e. The Morgan fingerprint density at radius 1 is 1.33 bits per heavy atom. The number of aromatic nitrogens is 3. The molecule has 3 nitrogen and oxygen atoms in total. The highest BCUT2D eigenvalue weighted by Gasteiger charge is 2.00. The molecule has 0 aliphatic heterocycles. The van der Waals surface area contributed by atoms with Crippen LogP contribution in [0.2, 0.25) is 5.15 Å². The van der Waals surface area contributed by atoms with Crippen molar-refractivity contribution in [3.8, 4) is 0 Å². The minimum Gasteiger partial charge on any atom is -0.250 e. The van der Waals surface area contributed by atoms with Gasteiger partial charge in [0, 0.05) is 12.4 Å². The maximum atomic E-state index is 5.80. The highest BCUT2D eigenvalue weighted by atomic mass is 35.5. The molecule has 2 aromatic rings. The number of pyridine rings is 1. The Balaban J connectivity index is 2.86. The third kappa shape index (κ3) is 1.12. The van der Waals surface area contributed by atoms with Crippen LogP contribution >= 0.6 is 11.6 Å². The largest absolute Gasteiger partial charge is 0.250 e. The van der Waals surface area contributed by atoms with Crippen molar-refractivity contribution in [1.29, 1.82) is 0 Å². The van der Waals surface area contributed by atoms with Crippen molar-refractivity contribution < 1.29 is 0 Å². The van der Waals surface area contributed by atoms with Gasteiger partial charge >= 0.3 is 0 Å². The minimum atomic E-state index is 0.403. The van der Waals surface area contributed by atoms with Gasteiger partial charge in [-0.05, 0) is 13.0 Å². The molecule has 4 heteroatoms. The fraction of sp³-hybridized carbons (Fsp3) is 0.125. The van der Waals surface area contributed by atoms with E-state index in [-0.39, 0.29) is 0 Å². The molecule has 0 spiro atoms. The van der Waals surface area contributed by atoms with Crippen molar-refractivity contribution in [2.75, 3.05) is 0 Å². The third-order valence-electron chi connectivity index (χ3n) is 1.54. The van der Waals surface area contributed by atoms with E-state index in [2.05, 4.69) is 15.0 Å². The van der Waals surface area contributed by atoms with Crippen molar-refractivity contribution >= 4 is 22.6 Å². The number of aryl methyl sites for hydroxylation is 1. The van der Waals surface area contributed by atoms with Gasteiger partial charge in [0.15, 0.2) is 5.15 Å². The molecule has 0 N–H and O–H groups in total. The lowest BCUT2D eigenvalue weighted by atomic mass is 10.4. The highest BCUT2D eigenvalue weighted by molar-refractivity contribution is 6.33. The van der Waals surface area contributed by atoms with Gasteiger partial charge in [0.1, 0.15) is 5.52 Å². The van der Waals surface area contributed by atoms with Crippen LogP contribution in [0.4, 0.5) is 0 Å². The summed E-state index contributed by atoms with van der Waals surface area (Å²) in [5.74, 6) is 0. The number of rotatable bonds is 0. The van der Waals surface area contributed by atoms with E-state index in [4.69, 9.17) is 11.6 Å². The van der Waals surface area contributed by atoms with E-state index in [1.54, 1.807) is 18.5 Å². The molecule has 0 fully saturated rings. The first-order chi connectivity index (χ1) is 5.77. The van der Waals surface area contributed by atoms with Crippen LogP contribution < -0.4 is 0 Å². The first-order valence-corrected chi connectivity index (χ1v) is 3.89. The summed E-state index contributed by atoms with van der Waals surface area (Å²) in [6.07, 6.45) is 3.30. The second kappa shape index (κ2) is 2.68. The zero-order chi connectivity index (χ0) is 8.55. The van der Waals surface area contributed by atoms with Crippen LogP contribution in [0.1, 0.15) is 5.69 Å². The molecule has 0 aliphatic rings. The summed E-state index contributed by atoms with van der Waals surface area (Å²) in [6, 6.07) is 1.79. The molecule has 0 amide bonds. The molecule has 0 atom stereocenters. The summed E-state index contributed by atoms with van der Waals surface area (Å²) in [5, 5.41) is 0.403. The summed E-state index contributed by atoms with van der Waals surface area (Å²) >= 11 is 5.80. The quantitative estimate of drug-likeness (QED) is 0.581. The Morgan fingerprint density at radius 3 is 3.00 bits per heavy atom. The van der Waals surface area contributed by atoms with Crippen LogP contribution in [-0.4, -0.2) is 15.0 Å². The second-order valence-corrected chi connectivity index (χ2v) is 2.84. The molecule has 0 unspecified atom stereocenters. The number of hydrogen-bond acceptors (Lipinski definition) is 3. The molecular formula is C8H6ClN3. The lowest BCUT2D eigenvalue weighted by Gasteiger charge is -1.97. The van der Waals surface area contributed by atoms with Gasteiger partial charge in [-0.15, -0.1) is 0 Å². The molecule has 0 saturated heterocycles. The van der Waals surface area contributed by atoms with Gasteiger partial charge in [0.25, 0.3) is 0 Å². The third-order valence-corrected chi connectivity index (χ3v) is 1.81. The van der Waals surface area contributed by atoms with E-state index >= 15 is 0 Å². The molecule has 60 valence electrons. The fourth-order valence-corrected chi connectivity index (χ4v) is 1.21. The Hall–Kier alpha value is -1.22. The molecule has 2 heterocycles. The minimum absolute atomic E-state index is 0.403. The van der Waals surface area contributed by atoms with Gasteiger partial charge in [-0.3, -0.25) is 0 Å². The molecular weight excluding hydrogens is 174 g/mol. The zero-order valence-corrected chi connectivity index (χ0v) is 7.21. The number of nitrogens with zero attached hydrogens (tertiary/aromatic N) is 3. The van der Waals surface area contributed by atoms with Crippen LogP contribution in [-0.2, 0) is 0 Å². The zero-order valence-electron chi connectivity index (χ0n) is 6.45. The van der Waals surface area contributed by atoms with E-state index in [1.807, 2.05) is 6.92 Å². The Labute approximate surface area is 74.4 Å². The van der Waals surface area contributed by atoms with Gasteiger partial charge in [0.2, 0.25) is 0 Å². The van der Waals surface area contributed by atoms with Gasteiger partial charge in [-0.25, -0.2) is 15.0 Å². The highest BCUT2D eigenvalue weighted by Crippen LogP contribution is 2.15. The summed E-state index contributed by atoms with van der Waals surface area (Å²) in [6.45, 7) is 1.89. The summed E-state index contributed by atoms with van der Waals surface area (Å²) in [7, 11) is 0. The average molecular weight is 180 g/mol. The van der Waals surface area contributed by atoms with Gasteiger partial charge in [0.05, 0.1) is 11.2 Å². The maximum Gasteiger partial charge on any atom is 0.156 e. The topological polar surface area (TPSA) is 38.7 Å². The van der Waals surface area contributed by atoms with E-state index in [0.717, 1.165) is 11.2 Å². The molecule has 12 heavy (non-hydrogen) atoms. The molecule has 2 rings (SSSR count). The molecule has 0 aliphatic carbocycles. The molecule has 0 saturated carbocycles. The Morgan fingerprint density at radius 2 is 2.17 bits per heavy atom. The normalized spacial score (nSPS) is 10.5. The van der Waals surface area contributed by atoms with Gasteiger partial charge in [-0.2, -0.15) is 0 Å². The summed E-state index contributed by atoms with van der Waals surface area (Å²) < 4.78 is 0. The first-order valence-electron chi connectivity index (χ1n) is 3.51. The monoisotopic (exact) mass is 179 g/mol. The predicted molar refractivity (Wildman–Crippen MR) is 47.1 cm³/mol. The summed E-state index contributed by atoms with van der Waals surface area (Å²) in [5.41, 5.74) is 2.32. The van der Waals surface area contributed by atoms with Gasteiger partial charge in [-0.1, -0.05) is 11.6 Å². The van der Waals surface area contributed by atoms with Crippen LogP contribution in [0.3, 0.4) is 0 Å². The van der Waals surface area contributed by atoms with E-state index < -0.39 is 0 Å². The van der Waals surface area contributed by atoms with Crippen molar-refractivity contribution in [2.24, 2.45) is 0 Å². The molecule has 0 bridgehead atoms. The van der Waals surface area contributed by atoms with Crippen molar-refractivity contribution in [3.05, 3.63) is 29.3 Å². The predicted octanol–water partition coefficient (Wildman–Crippen LogP) is 1.99. The number of hydrogen-bond donors (Lipinski definition) is 0. The van der Waals surface area contributed by atoms with Crippen LogP contribution in [0.5, 0.6) is 0 Å². The first kappa shape index (κ1) is 7.43. The van der Waals surface area contributed by atoms with Crippen molar-refractivity contribution in [3.63, 3.8) is 0 Å². The van der Waals surface area contributed by atoms with E-state index in [1.165, 1.54) is 0 Å². The van der Waals surface area contributed by atoms with Crippen LogP contribution in [0.25, 0.3) is 11.0 Å². The van der Waals surface area contributed by atoms with Crippen LogP contribution in [0.15, 0.2) is 18.5 Å². The second-order valence-electron chi connectivity index (χ2n) is 2.48. The number of fused-ring (bicyclic) bond motifs is 1. The van der Waals surface area contributed by atoms with E-state index in [0.29, 0.717) is 10.7 Å². The lowest BCUT2D eigenvalue weighted by Crippen LogP contribution is -1.88. The van der Waals surface area contributed by atoms with Gasteiger partial charge < -0.3 is 0 Å². The molecule has 0 aromatic carbocycles. The Kier molecular flexibility index (Phi) is 1.66. The fourth-order valence-electron chi connectivity index (χ4n) is 1.01. The number of halogens is 1. The molecule has 0 radical (unpaired) electrons. The standard InChI is InChI=1S/C8H6ClN3/c1-5-4-11-7-6(12-5)2-3-10-8(7)9/h2-4H,1H3. The Bertz CT molecular complexity index is 428. The van der Waals surface area contributed by atoms with Crippen molar-refractivity contribution in [1.82, 2.24) is 15.0 Å². The van der Waals surface area contributed by atoms with Crippen molar-refractivity contribution in [2.45, 2.75) is 6.92 Å².